The maximum absolute atomic E-state index is 12.1. The smallest absolute Gasteiger partial charge is 0.219 e. The van der Waals surface area contributed by atoms with Crippen molar-refractivity contribution >= 4 is 27.0 Å². The fourth-order valence-electron chi connectivity index (χ4n) is 3.57. The number of hydrogen-bond donors (Lipinski definition) is 2. The van der Waals surface area contributed by atoms with Crippen molar-refractivity contribution in [3.05, 3.63) is 36.9 Å². The van der Waals surface area contributed by atoms with Crippen LogP contribution in [-0.4, -0.2) is 57.2 Å². The Morgan fingerprint density at radius 2 is 2.19 bits per heavy atom. The number of rotatable bonds is 6. The highest BCUT2D eigenvalue weighted by Gasteiger charge is 2.50. The highest BCUT2D eigenvalue weighted by molar-refractivity contribution is 7.89. The molecule has 4 rings (SSSR count). The summed E-state index contributed by atoms with van der Waals surface area (Å²) >= 11 is 0. The van der Waals surface area contributed by atoms with Crippen LogP contribution in [0.15, 0.2) is 36.9 Å². The molecule has 1 aliphatic heterocycles. The van der Waals surface area contributed by atoms with E-state index in [-0.39, 0.29) is 25.3 Å². The first-order valence-corrected chi connectivity index (χ1v) is 10.2. The van der Waals surface area contributed by atoms with Gasteiger partial charge in [-0.2, -0.15) is 9.40 Å². The topological polar surface area (TPSA) is 127 Å². The monoisotopic (exact) mass is 388 g/mol. The molecule has 0 aliphatic carbocycles. The summed E-state index contributed by atoms with van der Waals surface area (Å²) < 4.78 is 27.2. The highest BCUT2D eigenvalue weighted by Crippen LogP contribution is 2.36. The Morgan fingerprint density at radius 3 is 2.89 bits per heavy atom. The largest absolute Gasteiger partial charge is 0.370 e. The minimum atomic E-state index is -3.31. The Kier molecular flexibility index (Phi) is 4.04. The number of carbonyl (C=O) groups excluding carboxylic acids is 1. The lowest BCUT2D eigenvalue weighted by Crippen LogP contribution is -2.65. The fourth-order valence-corrected chi connectivity index (χ4v) is 4.81. The summed E-state index contributed by atoms with van der Waals surface area (Å²) in [5.74, 6) is -0.469. The summed E-state index contributed by atoms with van der Waals surface area (Å²) in [4.78, 5) is 19.0. The normalized spacial score (nSPS) is 17.1. The number of nitrogens with one attached hydrogen (secondary N) is 1. The van der Waals surface area contributed by atoms with Crippen molar-refractivity contribution in [3.8, 4) is 11.1 Å². The van der Waals surface area contributed by atoms with Gasteiger partial charge in [-0.1, -0.05) is 0 Å². The molecule has 0 radical (unpaired) electrons. The average molecular weight is 388 g/mol. The molecule has 1 amide bonds. The van der Waals surface area contributed by atoms with Gasteiger partial charge >= 0.3 is 0 Å². The number of aromatic nitrogens is 4. The summed E-state index contributed by atoms with van der Waals surface area (Å²) in [6.45, 7) is 1.96. The number of amides is 1. The number of carbonyl (C=O) groups is 1. The van der Waals surface area contributed by atoms with Gasteiger partial charge in [-0.05, 0) is 19.1 Å². The van der Waals surface area contributed by atoms with Crippen molar-refractivity contribution in [2.24, 2.45) is 5.73 Å². The molecule has 0 unspecified atom stereocenters. The van der Waals surface area contributed by atoms with Crippen molar-refractivity contribution in [2.75, 3.05) is 18.8 Å². The van der Waals surface area contributed by atoms with Crippen LogP contribution in [0.25, 0.3) is 22.2 Å². The molecule has 9 nitrogen and oxygen atoms in total. The van der Waals surface area contributed by atoms with Crippen LogP contribution in [0.5, 0.6) is 0 Å². The molecule has 0 aromatic carbocycles. The second-order valence-corrected chi connectivity index (χ2v) is 9.07. The number of hydrogen-bond acceptors (Lipinski definition) is 5. The highest BCUT2D eigenvalue weighted by atomic mass is 32.2. The van der Waals surface area contributed by atoms with Crippen molar-refractivity contribution < 1.29 is 13.2 Å². The molecule has 0 bridgehead atoms. The van der Waals surface area contributed by atoms with Crippen molar-refractivity contribution in [1.29, 1.82) is 0 Å². The van der Waals surface area contributed by atoms with E-state index >= 15 is 0 Å². The molecule has 4 heterocycles. The standard InChI is InChI=1S/C17H20N6O3S/c1-2-27(25,26)22-10-17(11-22,6-15(18)24)23-9-12(7-21-23)14-8-20-16-13(14)4-3-5-19-16/h3-5,7-9H,2,6,10-11H2,1H3,(H2,18,24)(H,19,20). The Morgan fingerprint density at radius 1 is 1.41 bits per heavy atom. The van der Waals surface area contributed by atoms with Gasteiger partial charge in [0.25, 0.3) is 0 Å². The van der Waals surface area contributed by atoms with E-state index in [2.05, 4.69) is 15.1 Å². The number of H-pyrrole nitrogens is 1. The second-order valence-electron chi connectivity index (χ2n) is 6.81. The van der Waals surface area contributed by atoms with Crippen LogP contribution in [0.4, 0.5) is 0 Å². The van der Waals surface area contributed by atoms with Gasteiger partial charge in [0.1, 0.15) is 5.65 Å². The summed E-state index contributed by atoms with van der Waals surface area (Å²) in [7, 11) is -3.31. The van der Waals surface area contributed by atoms with E-state index in [1.54, 1.807) is 24.0 Å². The minimum Gasteiger partial charge on any atom is -0.370 e. The van der Waals surface area contributed by atoms with Gasteiger partial charge in [0.05, 0.1) is 23.9 Å². The van der Waals surface area contributed by atoms with Crippen LogP contribution in [0.3, 0.4) is 0 Å². The summed E-state index contributed by atoms with van der Waals surface area (Å²) in [5.41, 5.74) is 7.24. The Labute approximate surface area is 156 Å². The van der Waals surface area contributed by atoms with E-state index in [9.17, 15) is 13.2 Å². The minimum absolute atomic E-state index is 0.0202. The molecule has 1 saturated heterocycles. The molecule has 10 heteroatoms. The zero-order valence-electron chi connectivity index (χ0n) is 14.8. The third-order valence-electron chi connectivity index (χ3n) is 5.03. The van der Waals surface area contributed by atoms with E-state index in [0.29, 0.717) is 0 Å². The van der Waals surface area contributed by atoms with Crippen molar-refractivity contribution in [1.82, 2.24) is 24.1 Å². The van der Waals surface area contributed by atoms with Gasteiger partial charge in [0.2, 0.25) is 15.9 Å². The zero-order valence-corrected chi connectivity index (χ0v) is 15.6. The van der Waals surface area contributed by atoms with Crippen LogP contribution in [0.2, 0.25) is 0 Å². The van der Waals surface area contributed by atoms with E-state index in [0.717, 1.165) is 22.2 Å². The number of nitrogens with two attached hydrogens (primary N) is 1. The molecule has 142 valence electrons. The third-order valence-corrected chi connectivity index (χ3v) is 6.81. The van der Waals surface area contributed by atoms with Crippen LogP contribution in [-0.2, 0) is 20.4 Å². The summed E-state index contributed by atoms with van der Waals surface area (Å²) in [6.07, 6.45) is 7.13. The summed E-state index contributed by atoms with van der Waals surface area (Å²) in [5, 5.41) is 5.38. The molecular weight excluding hydrogens is 368 g/mol. The number of nitrogens with zero attached hydrogens (tertiary/aromatic N) is 4. The Balaban J connectivity index is 1.68. The zero-order chi connectivity index (χ0) is 19.2. The van der Waals surface area contributed by atoms with Gasteiger partial charge in [0.15, 0.2) is 0 Å². The number of fused-ring (bicyclic) bond motifs is 1. The van der Waals surface area contributed by atoms with Crippen LogP contribution < -0.4 is 5.73 Å². The van der Waals surface area contributed by atoms with E-state index in [4.69, 9.17) is 5.73 Å². The molecule has 3 N–H and O–H groups in total. The molecule has 1 aliphatic rings. The molecule has 0 atom stereocenters. The number of sulfonamides is 1. The van der Waals surface area contributed by atoms with Crippen molar-refractivity contribution in [2.45, 2.75) is 18.9 Å². The first-order valence-electron chi connectivity index (χ1n) is 8.58. The molecule has 0 saturated carbocycles. The Bertz CT molecular complexity index is 1110. The van der Waals surface area contributed by atoms with Gasteiger partial charge in [-0.25, -0.2) is 13.4 Å². The predicted molar refractivity (Wildman–Crippen MR) is 100 cm³/mol. The third kappa shape index (κ3) is 2.90. The molecular formula is C17H20N6O3S. The molecule has 3 aromatic rings. The molecule has 27 heavy (non-hydrogen) atoms. The van der Waals surface area contributed by atoms with Crippen LogP contribution in [0, 0.1) is 0 Å². The number of aromatic amines is 1. The SMILES string of the molecule is CCS(=O)(=O)N1CC(CC(N)=O)(n2cc(-c3c[nH]c4ncccc34)cn2)C1. The average Bonchev–Trinajstić information content (AvgIpc) is 3.24. The maximum Gasteiger partial charge on any atom is 0.219 e. The molecule has 1 fully saturated rings. The van der Waals surface area contributed by atoms with Crippen LogP contribution in [0.1, 0.15) is 13.3 Å². The van der Waals surface area contributed by atoms with E-state index in [1.807, 2.05) is 24.5 Å². The van der Waals surface area contributed by atoms with Gasteiger partial charge in [-0.3, -0.25) is 9.48 Å². The maximum atomic E-state index is 12.1. The number of primary amides is 1. The predicted octanol–water partition coefficient (Wildman–Crippen LogP) is 0.662. The lowest BCUT2D eigenvalue weighted by Gasteiger charge is -2.48. The van der Waals surface area contributed by atoms with Crippen LogP contribution >= 0.6 is 0 Å². The fraction of sp³-hybridized carbons (Fsp3) is 0.353. The first-order chi connectivity index (χ1) is 12.8. The lowest BCUT2D eigenvalue weighted by molar-refractivity contribution is -0.122. The van der Waals surface area contributed by atoms with E-state index < -0.39 is 21.5 Å². The lowest BCUT2D eigenvalue weighted by atomic mass is 9.88. The molecule has 0 spiro atoms. The van der Waals surface area contributed by atoms with Gasteiger partial charge in [0, 0.05) is 48.2 Å². The van der Waals surface area contributed by atoms with Crippen molar-refractivity contribution in [3.63, 3.8) is 0 Å². The number of pyridine rings is 1. The second kappa shape index (κ2) is 6.17. The first kappa shape index (κ1) is 17.7. The molecule has 3 aromatic heterocycles. The summed E-state index contributed by atoms with van der Waals surface area (Å²) in [6, 6.07) is 3.82. The quantitative estimate of drug-likeness (QED) is 0.641. The van der Waals surface area contributed by atoms with Gasteiger partial charge in [-0.15, -0.1) is 0 Å². The Hall–Kier alpha value is -2.72. The van der Waals surface area contributed by atoms with E-state index in [1.165, 1.54) is 4.31 Å². The van der Waals surface area contributed by atoms with Gasteiger partial charge < -0.3 is 10.7 Å².